The van der Waals surface area contributed by atoms with Crippen LogP contribution < -0.4 is 4.72 Å². The van der Waals surface area contributed by atoms with Gasteiger partial charge in [0.1, 0.15) is 10.9 Å². The fourth-order valence-electron chi connectivity index (χ4n) is 4.79. The van der Waals surface area contributed by atoms with Gasteiger partial charge in [-0.1, -0.05) is 78.9 Å². The number of nitrogens with one attached hydrogen (secondary N) is 1. The average molecular weight is 615 g/mol. The number of amides is 1. The molecular weight excluding hydrogens is 581 g/mol. The van der Waals surface area contributed by atoms with E-state index >= 15 is 0 Å². The molecule has 0 aliphatic heterocycles. The van der Waals surface area contributed by atoms with E-state index in [0.717, 1.165) is 45.2 Å². The smallest absolute Gasteiger partial charge is 0.337 e. The number of imidazole rings is 1. The van der Waals surface area contributed by atoms with E-state index in [9.17, 15) is 18.0 Å². The summed E-state index contributed by atoms with van der Waals surface area (Å²) in [6, 6.07) is 30.6. The quantitative estimate of drug-likeness (QED) is 0.121. The molecule has 1 aromatic heterocycles. The Kier molecular flexibility index (Phi) is 9.87. The predicted molar refractivity (Wildman–Crippen MR) is 170 cm³/mol. The Hall–Kier alpha value is -4.34. The van der Waals surface area contributed by atoms with Crippen molar-refractivity contribution in [3.8, 4) is 22.3 Å². The fraction of sp³-hybridized carbons (Fsp3) is 0.200. The van der Waals surface area contributed by atoms with Gasteiger partial charge < -0.3 is 9.47 Å². The van der Waals surface area contributed by atoms with Crippen LogP contribution in [0, 0.1) is 6.92 Å². The highest BCUT2D eigenvalue weighted by molar-refractivity contribution is 7.97. The van der Waals surface area contributed by atoms with Crippen LogP contribution in [0.3, 0.4) is 0 Å². The van der Waals surface area contributed by atoms with Gasteiger partial charge in [0, 0.05) is 38.4 Å². The molecule has 44 heavy (non-hydrogen) atoms. The standard InChI is InChI=1S/C35H33F3N4OS/c1-25-40-33(24-41(25)2)44-39-21-23-42(22-20-26-8-10-28(11-9-26)27-6-4-3-5-7-27)34(43)31-14-12-29(13-15-31)30-16-18-32(19-17-30)35(36,37)38/h3-19,24,39H,20-23H2,1-2H3. The van der Waals surface area contributed by atoms with Crippen molar-refractivity contribution in [3.05, 3.63) is 132 Å². The van der Waals surface area contributed by atoms with Gasteiger partial charge in [-0.2, -0.15) is 13.2 Å². The minimum Gasteiger partial charge on any atom is -0.337 e. The second kappa shape index (κ2) is 14.0. The second-order valence-electron chi connectivity index (χ2n) is 10.5. The highest BCUT2D eigenvalue weighted by atomic mass is 32.2. The van der Waals surface area contributed by atoms with E-state index in [1.165, 1.54) is 24.1 Å². The average Bonchev–Trinajstić information content (AvgIpc) is 3.37. The third kappa shape index (κ3) is 7.98. The molecule has 0 bridgehead atoms. The molecule has 1 heterocycles. The summed E-state index contributed by atoms with van der Waals surface area (Å²) in [5.74, 6) is 0.814. The van der Waals surface area contributed by atoms with E-state index in [1.54, 1.807) is 24.3 Å². The lowest BCUT2D eigenvalue weighted by Gasteiger charge is -2.23. The Morgan fingerprint density at radius 1 is 0.818 bits per heavy atom. The zero-order valence-corrected chi connectivity index (χ0v) is 25.3. The number of benzene rings is 4. The summed E-state index contributed by atoms with van der Waals surface area (Å²) in [4.78, 5) is 20.0. The third-order valence-corrected chi connectivity index (χ3v) is 8.20. The van der Waals surface area contributed by atoms with Crippen LogP contribution in [0.4, 0.5) is 13.2 Å². The van der Waals surface area contributed by atoms with E-state index in [1.807, 2.05) is 47.8 Å². The minimum atomic E-state index is -4.38. The molecule has 0 atom stereocenters. The van der Waals surface area contributed by atoms with Crippen LogP contribution in [0.2, 0.25) is 0 Å². The maximum absolute atomic E-state index is 13.7. The maximum atomic E-state index is 13.7. The molecule has 0 saturated carbocycles. The summed E-state index contributed by atoms with van der Waals surface area (Å²) < 4.78 is 44.2. The largest absolute Gasteiger partial charge is 0.416 e. The van der Waals surface area contributed by atoms with Gasteiger partial charge >= 0.3 is 6.18 Å². The number of halogens is 3. The molecule has 0 unspecified atom stereocenters. The lowest BCUT2D eigenvalue weighted by molar-refractivity contribution is -0.137. The monoisotopic (exact) mass is 614 g/mol. The number of carbonyl (C=O) groups excluding carboxylic acids is 1. The minimum absolute atomic E-state index is 0.106. The molecule has 5 rings (SSSR count). The summed E-state index contributed by atoms with van der Waals surface area (Å²) in [5, 5.41) is 0.861. The highest BCUT2D eigenvalue weighted by Gasteiger charge is 2.30. The lowest BCUT2D eigenvalue weighted by atomic mass is 10.0. The molecule has 0 spiro atoms. The van der Waals surface area contributed by atoms with Crippen LogP contribution in [0.5, 0.6) is 0 Å². The summed E-state index contributed by atoms with van der Waals surface area (Å²) >= 11 is 1.43. The first kappa shape index (κ1) is 31.1. The van der Waals surface area contributed by atoms with Gasteiger partial charge in [0.15, 0.2) is 0 Å². The van der Waals surface area contributed by atoms with E-state index in [2.05, 4.69) is 46.1 Å². The molecule has 0 saturated heterocycles. The molecule has 4 aromatic carbocycles. The number of alkyl halides is 3. The van der Waals surface area contributed by atoms with Crippen molar-refractivity contribution in [2.45, 2.75) is 24.5 Å². The van der Waals surface area contributed by atoms with Crippen LogP contribution in [-0.2, 0) is 19.6 Å². The third-order valence-electron chi connectivity index (χ3n) is 7.44. The van der Waals surface area contributed by atoms with Gasteiger partial charge in [-0.3, -0.25) is 9.52 Å². The molecule has 0 aliphatic carbocycles. The summed E-state index contributed by atoms with van der Waals surface area (Å²) in [6.45, 7) is 3.52. The second-order valence-corrected chi connectivity index (χ2v) is 11.4. The van der Waals surface area contributed by atoms with Crippen LogP contribution in [0.15, 0.2) is 114 Å². The van der Waals surface area contributed by atoms with Crippen molar-refractivity contribution in [2.75, 3.05) is 19.6 Å². The van der Waals surface area contributed by atoms with Gasteiger partial charge in [-0.15, -0.1) is 0 Å². The highest BCUT2D eigenvalue weighted by Crippen LogP contribution is 2.31. The lowest BCUT2D eigenvalue weighted by Crippen LogP contribution is -2.37. The molecule has 0 fully saturated rings. The first-order valence-electron chi connectivity index (χ1n) is 14.3. The molecule has 226 valence electrons. The zero-order chi connectivity index (χ0) is 31.1. The Bertz CT molecular complexity index is 1650. The normalized spacial score (nSPS) is 11.5. The van der Waals surface area contributed by atoms with Crippen molar-refractivity contribution in [3.63, 3.8) is 0 Å². The van der Waals surface area contributed by atoms with Gasteiger partial charge in [-0.05, 0) is 77.4 Å². The van der Waals surface area contributed by atoms with Gasteiger partial charge in [0.25, 0.3) is 5.91 Å². The first-order valence-corrected chi connectivity index (χ1v) is 15.1. The zero-order valence-electron chi connectivity index (χ0n) is 24.5. The molecule has 1 N–H and O–H groups in total. The van der Waals surface area contributed by atoms with Crippen LogP contribution >= 0.6 is 11.9 Å². The van der Waals surface area contributed by atoms with Crippen molar-refractivity contribution in [2.24, 2.45) is 7.05 Å². The number of hydrogen-bond acceptors (Lipinski definition) is 4. The first-order chi connectivity index (χ1) is 21.2. The van der Waals surface area contributed by atoms with Gasteiger partial charge in [0.2, 0.25) is 0 Å². The molecular formula is C35H33F3N4OS. The Labute approximate surface area is 259 Å². The maximum Gasteiger partial charge on any atom is 0.416 e. The molecule has 1 amide bonds. The number of aryl methyl sites for hydroxylation is 2. The summed E-state index contributed by atoms with van der Waals surface area (Å²) in [7, 11) is 1.95. The SMILES string of the molecule is Cc1nc(SNCCN(CCc2ccc(-c3ccccc3)cc2)C(=O)c2ccc(-c3ccc(C(F)(F)F)cc3)cc2)cn1C. The van der Waals surface area contributed by atoms with Crippen molar-refractivity contribution in [1.82, 2.24) is 19.2 Å². The topological polar surface area (TPSA) is 50.2 Å². The van der Waals surface area contributed by atoms with E-state index in [-0.39, 0.29) is 5.91 Å². The molecule has 5 aromatic rings. The van der Waals surface area contributed by atoms with E-state index in [0.29, 0.717) is 37.2 Å². The van der Waals surface area contributed by atoms with Gasteiger partial charge in [-0.25, -0.2) is 4.98 Å². The van der Waals surface area contributed by atoms with Crippen LogP contribution in [-0.4, -0.2) is 40.0 Å². The van der Waals surface area contributed by atoms with Crippen molar-refractivity contribution >= 4 is 17.9 Å². The Morgan fingerprint density at radius 3 is 1.95 bits per heavy atom. The van der Waals surface area contributed by atoms with Crippen molar-refractivity contribution in [1.29, 1.82) is 0 Å². The number of carbonyl (C=O) groups is 1. The van der Waals surface area contributed by atoms with Crippen LogP contribution in [0.25, 0.3) is 22.3 Å². The predicted octanol–water partition coefficient (Wildman–Crippen LogP) is 8.06. The number of nitrogens with zero attached hydrogens (tertiary/aromatic N) is 3. The number of hydrogen-bond donors (Lipinski definition) is 1. The van der Waals surface area contributed by atoms with Crippen molar-refractivity contribution < 1.29 is 18.0 Å². The Balaban J connectivity index is 1.26. The van der Waals surface area contributed by atoms with Crippen LogP contribution in [0.1, 0.15) is 27.3 Å². The fourth-order valence-corrected chi connectivity index (χ4v) is 5.52. The summed E-state index contributed by atoms with van der Waals surface area (Å²) in [5.41, 5.74) is 4.65. The number of aromatic nitrogens is 2. The van der Waals surface area contributed by atoms with E-state index < -0.39 is 11.7 Å². The molecule has 9 heteroatoms. The molecule has 0 radical (unpaired) electrons. The molecule has 0 aliphatic rings. The van der Waals surface area contributed by atoms with E-state index in [4.69, 9.17) is 0 Å². The molecule has 5 nitrogen and oxygen atoms in total. The van der Waals surface area contributed by atoms with Gasteiger partial charge in [0.05, 0.1) is 5.56 Å². The number of rotatable bonds is 11. The Morgan fingerprint density at radius 2 is 1.39 bits per heavy atom. The summed E-state index contributed by atoms with van der Waals surface area (Å²) in [6.07, 6.45) is -1.74.